The first-order valence-corrected chi connectivity index (χ1v) is 7.37. The van der Waals surface area contributed by atoms with E-state index in [0.29, 0.717) is 0 Å². The molecule has 102 valence electrons. The van der Waals surface area contributed by atoms with Crippen LogP contribution in [-0.2, 0) is 16.4 Å². The molecule has 1 rings (SSSR count). The molecule has 1 aromatic carbocycles. The normalized spacial score (nSPS) is 12.7. The van der Waals surface area contributed by atoms with Crippen molar-refractivity contribution in [2.24, 2.45) is 0 Å². The maximum absolute atomic E-state index is 13.3. The molecule has 0 aromatic heterocycles. The number of hydrogen-bond acceptors (Lipinski definition) is 3. The van der Waals surface area contributed by atoms with E-state index in [1.165, 1.54) is 12.1 Å². The van der Waals surface area contributed by atoms with Gasteiger partial charge in [-0.15, -0.1) is 0 Å². The molecule has 0 aliphatic carbocycles. The first-order valence-electron chi connectivity index (χ1n) is 5.48. The molecule has 3 nitrogen and oxygen atoms in total. The summed E-state index contributed by atoms with van der Waals surface area (Å²) in [4.78, 5) is 0. The highest BCUT2D eigenvalue weighted by molar-refractivity contribution is 7.92. The van der Waals surface area contributed by atoms with Crippen molar-refractivity contribution < 1.29 is 17.2 Å². The van der Waals surface area contributed by atoms with Crippen LogP contribution in [0.4, 0.5) is 8.78 Å². The van der Waals surface area contributed by atoms with E-state index in [1.54, 1.807) is 13.8 Å². The Hall–Kier alpha value is -1.01. The summed E-state index contributed by atoms with van der Waals surface area (Å²) >= 11 is 0. The zero-order chi connectivity index (χ0) is 14.0. The van der Waals surface area contributed by atoms with Crippen LogP contribution in [0.15, 0.2) is 18.2 Å². The lowest BCUT2D eigenvalue weighted by Gasteiger charge is -2.22. The molecule has 0 fully saturated rings. The third-order valence-corrected chi connectivity index (χ3v) is 5.05. The van der Waals surface area contributed by atoms with Crippen LogP contribution in [0, 0.1) is 11.6 Å². The van der Waals surface area contributed by atoms with Crippen LogP contribution in [-0.4, -0.2) is 26.0 Å². The molecular weight excluding hydrogens is 260 g/mol. The minimum absolute atomic E-state index is 0.0859. The van der Waals surface area contributed by atoms with Gasteiger partial charge in [0, 0.05) is 24.9 Å². The standard InChI is InChI=1S/C12H17F2NO2S/c1-12(2,18(3,16)17)8-15-7-9-5-4-6-10(13)11(9)14/h4-6,15H,7-8H2,1-3H3. The van der Waals surface area contributed by atoms with E-state index in [1.807, 2.05) is 0 Å². The minimum Gasteiger partial charge on any atom is -0.311 e. The van der Waals surface area contributed by atoms with E-state index in [0.717, 1.165) is 12.3 Å². The fourth-order valence-corrected chi connectivity index (χ4v) is 1.68. The Balaban J connectivity index is 2.66. The van der Waals surface area contributed by atoms with Gasteiger partial charge in [0.2, 0.25) is 0 Å². The predicted molar refractivity (Wildman–Crippen MR) is 67.0 cm³/mol. The number of hydrogen-bond donors (Lipinski definition) is 1. The van der Waals surface area contributed by atoms with Crippen LogP contribution in [0.3, 0.4) is 0 Å². The average molecular weight is 277 g/mol. The summed E-state index contributed by atoms with van der Waals surface area (Å²) in [6.45, 7) is 3.42. The maximum Gasteiger partial charge on any atom is 0.163 e. The van der Waals surface area contributed by atoms with Crippen LogP contribution in [0.1, 0.15) is 19.4 Å². The van der Waals surface area contributed by atoms with Gasteiger partial charge in [-0.2, -0.15) is 0 Å². The summed E-state index contributed by atoms with van der Waals surface area (Å²) in [6.07, 6.45) is 1.15. The molecule has 6 heteroatoms. The first kappa shape index (κ1) is 15.0. The van der Waals surface area contributed by atoms with Crippen LogP contribution in [0.25, 0.3) is 0 Å². The van der Waals surface area contributed by atoms with Gasteiger partial charge in [-0.3, -0.25) is 0 Å². The molecule has 0 heterocycles. The summed E-state index contributed by atoms with van der Waals surface area (Å²) < 4.78 is 48.2. The van der Waals surface area contributed by atoms with Gasteiger partial charge in [0.1, 0.15) is 0 Å². The smallest absolute Gasteiger partial charge is 0.163 e. The molecule has 0 unspecified atom stereocenters. The molecule has 0 aliphatic rings. The Morgan fingerprint density at radius 1 is 1.28 bits per heavy atom. The predicted octanol–water partition coefficient (Wildman–Crippen LogP) is 1.88. The van der Waals surface area contributed by atoms with Gasteiger partial charge in [-0.05, 0) is 19.9 Å². The number of benzene rings is 1. The van der Waals surface area contributed by atoms with Crippen LogP contribution in [0.2, 0.25) is 0 Å². The second kappa shape index (κ2) is 5.32. The van der Waals surface area contributed by atoms with Gasteiger partial charge in [0.15, 0.2) is 21.5 Å². The van der Waals surface area contributed by atoms with Crippen LogP contribution < -0.4 is 5.32 Å². The summed E-state index contributed by atoms with van der Waals surface area (Å²) in [6, 6.07) is 3.91. The number of halogens is 2. The Morgan fingerprint density at radius 2 is 1.89 bits per heavy atom. The van der Waals surface area contributed by atoms with Crippen molar-refractivity contribution in [1.82, 2.24) is 5.32 Å². The average Bonchev–Trinajstić information content (AvgIpc) is 2.22. The van der Waals surface area contributed by atoms with Crippen molar-refractivity contribution in [2.45, 2.75) is 25.1 Å². The van der Waals surface area contributed by atoms with Crippen molar-refractivity contribution in [1.29, 1.82) is 0 Å². The monoisotopic (exact) mass is 277 g/mol. The molecule has 0 atom stereocenters. The number of rotatable bonds is 5. The number of nitrogens with one attached hydrogen (secondary N) is 1. The fraction of sp³-hybridized carbons (Fsp3) is 0.500. The quantitative estimate of drug-likeness (QED) is 0.894. The Bertz CT molecular complexity index is 527. The third kappa shape index (κ3) is 3.49. The van der Waals surface area contributed by atoms with Crippen molar-refractivity contribution in [3.63, 3.8) is 0 Å². The summed E-state index contributed by atoms with van der Waals surface area (Å²) in [5.74, 6) is -1.81. The van der Waals surface area contributed by atoms with Gasteiger partial charge in [-0.1, -0.05) is 12.1 Å². The van der Waals surface area contributed by atoms with Gasteiger partial charge in [0.25, 0.3) is 0 Å². The molecule has 0 saturated heterocycles. The third-order valence-electron chi connectivity index (χ3n) is 2.90. The molecule has 0 saturated carbocycles. The molecule has 0 radical (unpaired) electrons. The molecule has 18 heavy (non-hydrogen) atoms. The second-order valence-electron chi connectivity index (χ2n) is 4.85. The Kier molecular flexibility index (Phi) is 4.45. The molecule has 0 amide bonds. The van der Waals surface area contributed by atoms with E-state index in [9.17, 15) is 17.2 Å². The Morgan fingerprint density at radius 3 is 2.44 bits per heavy atom. The lowest BCUT2D eigenvalue weighted by molar-refractivity contribution is 0.484. The highest BCUT2D eigenvalue weighted by Gasteiger charge is 2.29. The van der Waals surface area contributed by atoms with Crippen molar-refractivity contribution >= 4 is 9.84 Å². The zero-order valence-electron chi connectivity index (χ0n) is 10.6. The summed E-state index contributed by atoms with van der Waals surface area (Å²) in [5.41, 5.74) is 0.180. The number of sulfone groups is 1. The summed E-state index contributed by atoms with van der Waals surface area (Å²) in [5, 5.41) is 2.83. The zero-order valence-corrected chi connectivity index (χ0v) is 11.4. The largest absolute Gasteiger partial charge is 0.311 e. The molecule has 0 aliphatic heterocycles. The van der Waals surface area contributed by atoms with Crippen molar-refractivity contribution in [3.05, 3.63) is 35.4 Å². The van der Waals surface area contributed by atoms with Crippen LogP contribution in [0.5, 0.6) is 0 Å². The van der Waals surface area contributed by atoms with Gasteiger partial charge < -0.3 is 5.32 Å². The highest BCUT2D eigenvalue weighted by atomic mass is 32.2. The van der Waals surface area contributed by atoms with E-state index < -0.39 is 26.2 Å². The molecule has 0 spiro atoms. The van der Waals surface area contributed by atoms with E-state index in [-0.39, 0.29) is 18.7 Å². The second-order valence-corrected chi connectivity index (χ2v) is 7.50. The SMILES string of the molecule is CC(C)(CNCc1cccc(F)c1F)S(C)(=O)=O. The van der Waals surface area contributed by atoms with Crippen molar-refractivity contribution in [3.8, 4) is 0 Å². The maximum atomic E-state index is 13.3. The fourth-order valence-electron chi connectivity index (χ4n) is 1.31. The van der Waals surface area contributed by atoms with E-state index in [4.69, 9.17) is 0 Å². The molecule has 1 N–H and O–H groups in total. The molecule has 1 aromatic rings. The first-order chi connectivity index (χ1) is 8.15. The van der Waals surface area contributed by atoms with E-state index in [2.05, 4.69) is 5.32 Å². The highest BCUT2D eigenvalue weighted by Crippen LogP contribution is 2.15. The van der Waals surface area contributed by atoms with Gasteiger partial charge >= 0.3 is 0 Å². The Labute approximate surface area is 106 Å². The van der Waals surface area contributed by atoms with E-state index >= 15 is 0 Å². The van der Waals surface area contributed by atoms with Crippen LogP contribution >= 0.6 is 0 Å². The molecular formula is C12H17F2NO2S. The van der Waals surface area contributed by atoms with Crippen molar-refractivity contribution in [2.75, 3.05) is 12.8 Å². The summed E-state index contributed by atoms with van der Waals surface area (Å²) in [7, 11) is -3.21. The lowest BCUT2D eigenvalue weighted by Crippen LogP contribution is -2.41. The topological polar surface area (TPSA) is 46.2 Å². The van der Waals surface area contributed by atoms with Gasteiger partial charge in [-0.25, -0.2) is 17.2 Å². The minimum atomic E-state index is -3.21. The molecule has 0 bridgehead atoms. The van der Waals surface area contributed by atoms with Gasteiger partial charge in [0.05, 0.1) is 4.75 Å². The lowest BCUT2D eigenvalue weighted by atomic mass is 10.1.